The number of urea groups is 1. The van der Waals surface area contributed by atoms with Crippen molar-refractivity contribution in [3.05, 3.63) is 42.7 Å². The first kappa shape index (κ1) is 12.9. The van der Waals surface area contributed by atoms with Gasteiger partial charge in [-0.15, -0.1) is 0 Å². The number of aromatic nitrogens is 2. The van der Waals surface area contributed by atoms with Gasteiger partial charge in [0.25, 0.3) is 0 Å². The number of nitrogen functional groups attached to an aromatic ring is 1. The summed E-state index contributed by atoms with van der Waals surface area (Å²) in [4.78, 5) is 11.8. The van der Waals surface area contributed by atoms with Crippen LogP contribution in [0.3, 0.4) is 0 Å². The maximum absolute atomic E-state index is 11.8. The van der Waals surface area contributed by atoms with Crippen molar-refractivity contribution in [2.75, 3.05) is 11.1 Å². The van der Waals surface area contributed by atoms with E-state index in [0.29, 0.717) is 17.9 Å². The van der Waals surface area contributed by atoms with Crippen LogP contribution in [0.25, 0.3) is 0 Å². The molecule has 100 valence electrons. The second kappa shape index (κ2) is 5.90. The number of anilines is 2. The molecule has 2 amide bonds. The zero-order valence-electron chi connectivity index (χ0n) is 10.7. The summed E-state index contributed by atoms with van der Waals surface area (Å²) < 4.78 is 1.77. The van der Waals surface area contributed by atoms with Gasteiger partial charge in [-0.2, -0.15) is 5.10 Å². The van der Waals surface area contributed by atoms with Gasteiger partial charge in [-0.3, -0.25) is 4.68 Å². The van der Waals surface area contributed by atoms with Crippen LogP contribution in [0, 0.1) is 0 Å². The number of benzene rings is 1. The molecule has 6 nitrogen and oxygen atoms in total. The lowest BCUT2D eigenvalue weighted by atomic mass is 10.3. The van der Waals surface area contributed by atoms with Crippen LogP contribution >= 0.6 is 0 Å². The van der Waals surface area contributed by atoms with E-state index in [0.717, 1.165) is 0 Å². The summed E-state index contributed by atoms with van der Waals surface area (Å²) in [6.07, 6.45) is 3.56. The largest absolute Gasteiger partial charge is 0.399 e. The zero-order valence-corrected chi connectivity index (χ0v) is 10.7. The van der Waals surface area contributed by atoms with Gasteiger partial charge in [0, 0.05) is 29.8 Å². The number of hydrogen-bond donors (Lipinski definition) is 3. The van der Waals surface area contributed by atoms with Crippen LogP contribution in [0.1, 0.15) is 6.92 Å². The molecule has 0 aliphatic heterocycles. The second-order valence-corrected chi connectivity index (χ2v) is 4.35. The molecule has 0 saturated heterocycles. The molecule has 0 bridgehead atoms. The molecule has 6 heteroatoms. The molecule has 1 aromatic heterocycles. The molecule has 0 fully saturated rings. The number of rotatable bonds is 4. The van der Waals surface area contributed by atoms with E-state index in [1.54, 1.807) is 35.1 Å². The Morgan fingerprint density at radius 2 is 2.32 bits per heavy atom. The molecule has 1 aromatic carbocycles. The molecule has 2 rings (SSSR count). The normalized spacial score (nSPS) is 11.8. The van der Waals surface area contributed by atoms with Gasteiger partial charge in [0.05, 0.1) is 6.54 Å². The van der Waals surface area contributed by atoms with Gasteiger partial charge in [0.2, 0.25) is 0 Å². The standard InChI is InChI=1S/C13H17N5O/c1-10(9-18-7-3-6-15-18)16-13(19)17-12-5-2-4-11(14)8-12/h2-8,10H,9,14H2,1H3,(H2,16,17,19). The van der Waals surface area contributed by atoms with Gasteiger partial charge in [0.1, 0.15) is 0 Å². The predicted octanol–water partition coefficient (Wildman–Crippen LogP) is 1.68. The number of nitrogens with two attached hydrogens (primary N) is 1. The maximum Gasteiger partial charge on any atom is 0.319 e. The first-order valence-corrected chi connectivity index (χ1v) is 6.04. The number of nitrogens with zero attached hydrogens (tertiary/aromatic N) is 2. The Labute approximate surface area is 111 Å². The lowest BCUT2D eigenvalue weighted by Crippen LogP contribution is -2.38. The van der Waals surface area contributed by atoms with E-state index in [4.69, 9.17) is 5.73 Å². The fraction of sp³-hybridized carbons (Fsp3) is 0.231. The van der Waals surface area contributed by atoms with E-state index in [1.807, 2.05) is 19.2 Å². The van der Waals surface area contributed by atoms with Crippen LogP contribution in [0.15, 0.2) is 42.7 Å². The highest BCUT2D eigenvalue weighted by Crippen LogP contribution is 2.11. The van der Waals surface area contributed by atoms with Crippen LogP contribution in [0.5, 0.6) is 0 Å². The summed E-state index contributed by atoms with van der Waals surface area (Å²) in [5, 5.41) is 9.66. The summed E-state index contributed by atoms with van der Waals surface area (Å²) in [6, 6.07) is 8.61. The van der Waals surface area contributed by atoms with Crippen molar-refractivity contribution < 1.29 is 4.79 Å². The Morgan fingerprint density at radius 3 is 3.00 bits per heavy atom. The van der Waals surface area contributed by atoms with Gasteiger partial charge in [-0.25, -0.2) is 4.79 Å². The Hall–Kier alpha value is -2.50. The number of hydrogen-bond acceptors (Lipinski definition) is 3. The average Bonchev–Trinajstić information content (AvgIpc) is 2.81. The highest BCUT2D eigenvalue weighted by atomic mass is 16.2. The fourth-order valence-corrected chi connectivity index (χ4v) is 1.74. The van der Waals surface area contributed by atoms with Crippen molar-refractivity contribution in [2.24, 2.45) is 0 Å². The van der Waals surface area contributed by atoms with Gasteiger partial charge in [0.15, 0.2) is 0 Å². The van der Waals surface area contributed by atoms with Crippen LogP contribution < -0.4 is 16.4 Å². The summed E-state index contributed by atoms with van der Waals surface area (Å²) in [6.45, 7) is 2.54. The lowest BCUT2D eigenvalue weighted by molar-refractivity contribution is 0.247. The van der Waals surface area contributed by atoms with Gasteiger partial charge in [-0.05, 0) is 31.2 Å². The summed E-state index contributed by atoms with van der Waals surface area (Å²) in [7, 11) is 0. The highest BCUT2D eigenvalue weighted by molar-refractivity contribution is 5.89. The van der Waals surface area contributed by atoms with Crippen molar-refractivity contribution in [1.29, 1.82) is 0 Å². The zero-order chi connectivity index (χ0) is 13.7. The molecule has 0 saturated carbocycles. The number of nitrogens with one attached hydrogen (secondary N) is 2. The van der Waals surface area contributed by atoms with Crippen LogP contribution in [-0.2, 0) is 6.54 Å². The lowest BCUT2D eigenvalue weighted by Gasteiger charge is -2.14. The molecule has 1 unspecified atom stereocenters. The molecule has 19 heavy (non-hydrogen) atoms. The van der Waals surface area contributed by atoms with E-state index < -0.39 is 0 Å². The number of carbonyl (C=O) groups excluding carboxylic acids is 1. The monoisotopic (exact) mass is 259 g/mol. The summed E-state index contributed by atoms with van der Waals surface area (Å²) in [5.74, 6) is 0. The SMILES string of the molecule is CC(Cn1cccn1)NC(=O)Nc1cccc(N)c1. The molecule has 0 aliphatic carbocycles. The fourth-order valence-electron chi connectivity index (χ4n) is 1.74. The van der Waals surface area contributed by atoms with Gasteiger partial charge in [-0.1, -0.05) is 6.07 Å². The third-order valence-corrected chi connectivity index (χ3v) is 2.54. The third kappa shape index (κ3) is 4.02. The molecule has 4 N–H and O–H groups in total. The van der Waals surface area contributed by atoms with E-state index in [1.165, 1.54) is 0 Å². The molecular weight excluding hydrogens is 242 g/mol. The summed E-state index contributed by atoms with van der Waals surface area (Å²) >= 11 is 0. The van der Waals surface area contributed by atoms with E-state index in [-0.39, 0.29) is 12.1 Å². The quantitative estimate of drug-likeness (QED) is 0.730. The van der Waals surface area contributed by atoms with Gasteiger partial charge < -0.3 is 16.4 Å². The van der Waals surface area contributed by atoms with Crippen molar-refractivity contribution in [3.8, 4) is 0 Å². The molecule has 1 heterocycles. The van der Waals surface area contributed by atoms with Crippen molar-refractivity contribution in [1.82, 2.24) is 15.1 Å². The topological polar surface area (TPSA) is 85.0 Å². The van der Waals surface area contributed by atoms with Crippen LogP contribution in [0.4, 0.5) is 16.2 Å². The Morgan fingerprint density at radius 1 is 1.47 bits per heavy atom. The van der Waals surface area contributed by atoms with Crippen LogP contribution in [0.2, 0.25) is 0 Å². The number of amides is 2. The second-order valence-electron chi connectivity index (χ2n) is 4.35. The Kier molecular flexibility index (Phi) is 4.02. The van der Waals surface area contributed by atoms with Crippen molar-refractivity contribution >= 4 is 17.4 Å². The third-order valence-electron chi connectivity index (χ3n) is 2.54. The molecule has 1 atom stereocenters. The Bertz CT molecular complexity index is 538. The minimum absolute atomic E-state index is 0.0269. The smallest absolute Gasteiger partial charge is 0.319 e. The van der Waals surface area contributed by atoms with Gasteiger partial charge >= 0.3 is 6.03 Å². The predicted molar refractivity (Wildman–Crippen MR) is 74.7 cm³/mol. The van der Waals surface area contributed by atoms with E-state index >= 15 is 0 Å². The summed E-state index contributed by atoms with van der Waals surface area (Å²) in [5.41, 5.74) is 6.93. The van der Waals surface area contributed by atoms with Crippen molar-refractivity contribution in [3.63, 3.8) is 0 Å². The first-order valence-electron chi connectivity index (χ1n) is 6.04. The average molecular weight is 259 g/mol. The maximum atomic E-state index is 11.8. The van der Waals surface area contributed by atoms with Crippen molar-refractivity contribution in [2.45, 2.75) is 19.5 Å². The molecule has 0 radical (unpaired) electrons. The number of carbonyl (C=O) groups is 1. The van der Waals surface area contributed by atoms with E-state index in [2.05, 4.69) is 15.7 Å². The molecular formula is C13H17N5O. The minimum atomic E-state index is -0.259. The molecule has 2 aromatic rings. The molecule has 0 aliphatic rings. The first-order chi connectivity index (χ1) is 9.13. The van der Waals surface area contributed by atoms with E-state index in [9.17, 15) is 4.79 Å². The Balaban J connectivity index is 1.84. The minimum Gasteiger partial charge on any atom is -0.399 e. The molecule has 0 spiro atoms. The highest BCUT2D eigenvalue weighted by Gasteiger charge is 2.08. The van der Waals surface area contributed by atoms with Crippen LogP contribution in [-0.4, -0.2) is 21.9 Å².